The normalized spacial score (nSPS) is 22.8. The summed E-state index contributed by atoms with van der Waals surface area (Å²) in [7, 11) is 1.31. The van der Waals surface area contributed by atoms with Gasteiger partial charge in [0, 0.05) is 18.4 Å². The lowest BCUT2D eigenvalue weighted by atomic mass is 9.99. The van der Waals surface area contributed by atoms with Gasteiger partial charge in [-0.2, -0.15) is 0 Å². The molecule has 1 saturated carbocycles. The summed E-state index contributed by atoms with van der Waals surface area (Å²) in [6.45, 7) is 4.74. The van der Waals surface area contributed by atoms with Crippen molar-refractivity contribution in [3.63, 3.8) is 0 Å². The van der Waals surface area contributed by atoms with Crippen molar-refractivity contribution in [2.24, 2.45) is 17.3 Å². The molecule has 2 amide bonds. The first-order valence-corrected chi connectivity index (χ1v) is 11.9. The fourth-order valence-corrected chi connectivity index (χ4v) is 5.57. The number of carbonyl (C=O) groups excluding carboxylic acids is 3. The third kappa shape index (κ3) is 4.16. The number of esters is 1. The standard InChI is InChI=1S/C28H29N3O4/c1-28(2)19-16-31(26(33)21-14-13-18-11-7-8-12-20(18)29-21)24(23(19)28)25(32)30-22(27(34)35-3)15-17-9-5-4-6-10-17/h4-14,19,22-24H,15-16H2,1-3H3,(H,30,32)/t19-,22+,23-,24-/m0/s1. The van der Waals surface area contributed by atoms with Crippen LogP contribution in [-0.2, 0) is 20.7 Å². The number of pyridine rings is 1. The Morgan fingerprint density at radius 3 is 2.51 bits per heavy atom. The number of para-hydroxylation sites is 1. The predicted octanol–water partition coefficient (Wildman–Crippen LogP) is 3.23. The van der Waals surface area contributed by atoms with Crippen LogP contribution in [0.4, 0.5) is 0 Å². The summed E-state index contributed by atoms with van der Waals surface area (Å²) in [6, 6.07) is 19.2. The highest BCUT2D eigenvalue weighted by Crippen LogP contribution is 2.65. The molecule has 2 heterocycles. The average molecular weight is 472 g/mol. The quantitative estimate of drug-likeness (QED) is 0.558. The summed E-state index contributed by atoms with van der Waals surface area (Å²) in [5.74, 6) is -0.851. The fourth-order valence-electron chi connectivity index (χ4n) is 5.57. The molecule has 1 aromatic heterocycles. The number of hydrogen-bond donors (Lipinski definition) is 1. The molecule has 3 aromatic rings. The van der Waals surface area contributed by atoms with E-state index in [1.165, 1.54) is 7.11 Å². The summed E-state index contributed by atoms with van der Waals surface area (Å²) in [5, 5.41) is 3.84. The fraction of sp³-hybridized carbons (Fsp3) is 0.357. The van der Waals surface area contributed by atoms with Gasteiger partial charge in [-0.3, -0.25) is 9.59 Å². The third-order valence-electron chi connectivity index (χ3n) is 7.64. The highest BCUT2D eigenvalue weighted by atomic mass is 16.5. The molecule has 1 aliphatic carbocycles. The molecular formula is C28H29N3O4. The van der Waals surface area contributed by atoms with Crippen LogP contribution in [0.25, 0.3) is 10.9 Å². The number of nitrogens with one attached hydrogen (secondary N) is 1. The summed E-state index contributed by atoms with van der Waals surface area (Å²) in [4.78, 5) is 45.9. The van der Waals surface area contributed by atoms with Gasteiger partial charge in [-0.15, -0.1) is 0 Å². The Hall–Kier alpha value is -3.74. The van der Waals surface area contributed by atoms with Gasteiger partial charge >= 0.3 is 5.97 Å². The SMILES string of the molecule is COC(=O)[C@@H](Cc1ccccc1)NC(=O)[C@@H]1[C@@H]2[C@H](CN1C(=O)c1ccc3ccccc3n1)C2(C)C. The zero-order chi connectivity index (χ0) is 24.7. The van der Waals surface area contributed by atoms with Crippen molar-refractivity contribution in [1.29, 1.82) is 0 Å². The van der Waals surface area contributed by atoms with Crippen LogP contribution in [-0.4, -0.2) is 53.4 Å². The molecule has 0 unspecified atom stereocenters. The number of aromatic nitrogens is 1. The predicted molar refractivity (Wildman–Crippen MR) is 131 cm³/mol. The van der Waals surface area contributed by atoms with E-state index in [0.29, 0.717) is 18.7 Å². The van der Waals surface area contributed by atoms with Crippen LogP contribution in [0, 0.1) is 17.3 Å². The Morgan fingerprint density at radius 2 is 1.77 bits per heavy atom. The van der Waals surface area contributed by atoms with Gasteiger partial charge in [0.05, 0.1) is 12.6 Å². The second-order valence-corrected chi connectivity index (χ2v) is 10.0. The smallest absolute Gasteiger partial charge is 0.328 e. The third-order valence-corrected chi connectivity index (χ3v) is 7.64. The molecule has 7 heteroatoms. The molecule has 2 aliphatic rings. The van der Waals surface area contributed by atoms with Crippen LogP contribution in [0.3, 0.4) is 0 Å². The van der Waals surface area contributed by atoms with Crippen LogP contribution in [0.15, 0.2) is 66.7 Å². The largest absolute Gasteiger partial charge is 0.467 e. The van der Waals surface area contributed by atoms with Crippen molar-refractivity contribution in [3.05, 3.63) is 78.0 Å². The van der Waals surface area contributed by atoms with Gasteiger partial charge in [0.15, 0.2) is 0 Å². The second kappa shape index (κ2) is 8.80. The van der Waals surface area contributed by atoms with Gasteiger partial charge in [0.1, 0.15) is 17.8 Å². The zero-order valence-corrected chi connectivity index (χ0v) is 20.1. The van der Waals surface area contributed by atoms with Crippen LogP contribution in [0.1, 0.15) is 29.9 Å². The maximum atomic E-state index is 13.6. The Labute approximate surface area is 204 Å². The van der Waals surface area contributed by atoms with Crippen LogP contribution in [0.5, 0.6) is 0 Å². The Bertz CT molecular complexity index is 1290. The lowest BCUT2D eigenvalue weighted by Crippen LogP contribution is -2.54. The van der Waals surface area contributed by atoms with E-state index in [1.807, 2.05) is 60.7 Å². The number of carbonyl (C=O) groups is 3. The van der Waals surface area contributed by atoms with E-state index in [9.17, 15) is 14.4 Å². The van der Waals surface area contributed by atoms with E-state index in [4.69, 9.17) is 4.74 Å². The maximum absolute atomic E-state index is 13.6. The first-order chi connectivity index (χ1) is 16.8. The summed E-state index contributed by atoms with van der Waals surface area (Å²) in [5.41, 5.74) is 1.91. The van der Waals surface area contributed by atoms with Crippen molar-refractivity contribution in [2.75, 3.05) is 13.7 Å². The highest BCUT2D eigenvalue weighted by molar-refractivity contribution is 5.99. The number of piperidine rings is 1. The second-order valence-electron chi connectivity index (χ2n) is 10.0. The number of fused-ring (bicyclic) bond motifs is 2. The summed E-state index contributed by atoms with van der Waals surface area (Å²) < 4.78 is 4.97. The minimum Gasteiger partial charge on any atom is -0.467 e. The van der Waals surface area contributed by atoms with Crippen molar-refractivity contribution >= 4 is 28.7 Å². The molecule has 5 rings (SSSR count). The van der Waals surface area contributed by atoms with Crippen LogP contribution in [0.2, 0.25) is 0 Å². The number of amides is 2. The zero-order valence-electron chi connectivity index (χ0n) is 20.1. The lowest BCUT2D eigenvalue weighted by Gasteiger charge is -2.31. The number of likely N-dealkylation sites (tertiary alicyclic amines) is 1. The summed E-state index contributed by atoms with van der Waals surface area (Å²) in [6.07, 6.45) is 0.309. The van der Waals surface area contributed by atoms with Crippen molar-refractivity contribution in [2.45, 2.75) is 32.4 Å². The van der Waals surface area contributed by atoms with E-state index in [2.05, 4.69) is 24.1 Å². The van der Waals surface area contributed by atoms with Gasteiger partial charge in [0.2, 0.25) is 5.91 Å². The first-order valence-electron chi connectivity index (χ1n) is 11.9. The number of methoxy groups -OCH3 is 1. The first kappa shape index (κ1) is 23.0. The van der Waals surface area contributed by atoms with Crippen molar-refractivity contribution < 1.29 is 19.1 Å². The molecule has 2 fully saturated rings. The number of hydrogen-bond acceptors (Lipinski definition) is 5. The van der Waals surface area contributed by atoms with Crippen LogP contribution >= 0.6 is 0 Å². The minimum atomic E-state index is -0.841. The van der Waals surface area contributed by atoms with Gasteiger partial charge < -0.3 is 15.0 Å². The van der Waals surface area contributed by atoms with Gasteiger partial charge in [-0.05, 0) is 34.9 Å². The number of ether oxygens (including phenoxy) is 1. The average Bonchev–Trinajstić information content (AvgIpc) is 3.20. The van der Waals surface area contributed by atoms with E-state index >= 15 is 0 Å². The maximum Gasteiger partial charge on any atom is 0.328 e. The molecule has 0 bridgehead atoms. The summed E-state index contributed by atoms with van der Waals surface area (Å²) >= 11 is 0. The monoisotopic (exact) mass is 471 g/mol. The molecule has 2 aromatic carbocycles. The molecule has 180 valence electrons. The van der Waals surface area contributed by atoms with Gasteiger partial charge in [0.25, 0.3) is 5.91 Å². The van der Waals surface area contributed by atoms with Crippen molar-refractivity contribution in [3.8, 4) is 0 Å². The van der Waals surface area contributed by atoms with Crippen LogP contribution < -0.4 is 5.32 Å². The van der Waals surface area contributed by atoms with Gasteiger partial charge in [-0.1, -0.05) is 68.4 Å². The van der Waals surface area contributed by atoms with E-state index in [0.717, 1.165) is 16.5 Å². The lowest BCUT2D eigenvalue weighted by molar-refractivity contribution is -0.145. The van der Waals surface area contributed by atoms with Crippen molar-refractivity contribution in [1.82, 2.24) is 15.2 Å². The molecule has 0 radical (unpaired) electrons. The Morgan fingerprint density at radius 1 is 1.06 bits per heavy atom. The van der Waals surface area contributed by atoms with E-state index in [-0.39, 0.29) is 29.1 Å². The number of rotatable bonds is 6. The minimum absolute atomic E-state index is 0.0296. The number of benzene rings is 2. The highest BCUT2D eigenvalue weighted by Gasteiger charge is 2.69. The Balaban J connectivity index is 1.40. The van der Waals surface area contributed by atoms with Gasteiger partial charge in [-0.25, -0.2) is 9.78 Å². The number of nitrogens with zero attached hydrogens (tertiary/aromatic N) is 2. The molecule has 1 N–H and O–H groups in total. The molecule has 4 atom stereocenters. The van der Waals surface area contributed by atoms with E-state index in [1.54, 1.807) is 11.0 Å². The molecule has 0 spiro atoms. The molecular weight excluding hydrogens is 442 g/mol. The molecule has 1 aliphatic heterocycles. The molecule has 1 saturated heterocycles. The Kier molecular flexibility index (Phi) is 5.79. The molecule has 35 heavy (non-hydrogen) atoms. The molecule has 7 nitrogen and oxygen atoms in total. The topological polar surface area (TPSA) is 88.6 Å². The van der Waals surface area contributed by atoms with E-state index < -0.39 is 18.1 Å².